The second-order valence-electron chi connectivity index (χ2n) is 7.95. The number of hydrazone groups is 1. The Balaban J connectivity index is 1.53. The summed E-state index contributed by atoms with van der Waals surface area (Å²) in [5, 5.41) is 4.19. The zero-order valence-corrected chi connectivity index (χ0v) is 16.1. The number of furan rings is 1. The molecule has 2 aromatic heterocycles. The Kier molecular flexibility index (Phi) is 4.64. The van der Waals surface area contributed by atoms with Gasteiger partial charge >= 0.3 is 0 Å². The molecule has 0 saturated carbocycles. The quantitative estimate of drug-likeness (QED) is 0.801. The number of aromatic nitrogens is 1. The van der Waals surface area contributed by atoms with E-state index in [0.29, 0.717) is 17.0 Å². The molecule has 0 bridgehead atoms. The Morgan fingerprint density at radius 2 is 2.00 bits per heavy atom. The third-order valence-corrected chi connectivity index (χ3v) is 6.09. The van der Waals surface area contributed by atoms with Crippen molar-refractivity contribution < 1.29 is 9.21 Å². The van der Waals surface area contributed by atoms with Crippen LogP contribution in [-0.2, 0) is 24.2 Å². The number of H-pyrrole nitrogens is 1. The van der Waals surface area contributed by atoms with Crippen molar-refractivity contribution in [3.05, 3.63) is 52.2 Å². The largest absolute Gasteiger partial charge is 0.463 e. The molecule has 6 nitrogen and oxygen atoms in total. The zero-order valence-electron chi connectivity index (χ0n) is 16.1. The van der Waals surface area contributed by atoms with Gasteiger partial charge in [-0.1, -0.05) is 6.42 Å². The lowest BCUT2D eigenvalue weighted by Gasteiger charge is -2.27. The average Bonchev–Trinajstić information content (AvgIpc) is 3.44. The number of carbonyl (C=O) groups is 1. The van der Waals surface area contributed by atoms with Gasteiger partial charge in [-0.05, 0) is 81.0 Å². The Bertz CT molecular complexity index is 930. The van der Waals surface area contributed by atoms with Gasteiger partial charge in [0.15, 0.2) is 5.76 Å². The monoisotopic (exact) mass is 378 g/mol. The van der Waals surface area contributed by atoms with E-state index in [2.05, 4.69) is 20.4 Å². The number of hydrogen-bond acceptors (Lipinski definition) is 4. The molecule has 1 saturated heterocycles. The summed E-state index contributed by atoms with van der Waals surface area (Å²) in [4.78, 5) is 18.7. The molecule has 2 aromatic rings. The molecule has 2 N–H and O–H groups in total. The van der Waals surface area contributed by atoms with E-state index in [1.807, 2.05) is 18.2 Å². The van der Waals surface area contributed by atoms with Crippen molar-refractivity contribution in [1.29, 1.82) is 0 Å². The van der Waals surface area contributed by atoms with Gasteiger partial charge in [-0.25, -0.2) is 5.43 Å². The summed E-state index contributed by atoms with van der Waals surface area (Å²) in [6.45, 7) is 3.28. The van der Waals surface area contributed by atoms with E-state index in [4.69, 9.17) is 4.42 Å². The first-order valence-electron chi connectivity index (χ1n) is 10.4. The van der Waals surface area contributed by atoms with Crippen LogP contribution >= 0.6 is 0 Å². The summed E-state index contributed by atoms with van der Waals surface area (Å²) in [7, 11) is 0. The van der Waals surface area contributed by atoms with Gasteiger partial charge in [-0.15, -0.1) is 0 Å². The number of rotatable bonds is 4. The number of piperidine rings is 1. The predicted octanol–water partition coefficient (Wildman–Crippen LogP) is 3.39. The van der Waals surface area contributed by atoms with Crippen molar-refractivity contribution in [3.63, 3.8) is 0 Å². The van der Waals surface area contributed by atoms with Crippen molar-refractivity contribution in [3.8, 4) is 0 Å². The Hall–Kier alpha value is -2.60. The fourth-order valence-corrected chi connectivity index (χ4v) is 4.64. The number of nitrogens with one attached hydrogen (secondary N) is 2. The van der Waals surface area contributed by atoms with E-state index in [0.717, 1.165) is 38.2 Å². The van der Waals surface area contributed by atoms with E-state index in [1.165, 1.54) is 48.9 Å². The number of fused-ring (bicyclic) bond motifs is 1. The van der Waals surface area contributed by atoms with Crippen molar-refractivity contribution in [2.24, 2.45) is 5.10 Å². The van der Waals surface area contributed by atoms with Crippen LogP contribution in [0.4, 0.5) is 0 Å². The summed E-state index contributed by atoms with van der Waals surface area (Å²) >= 11 is 0. The molecule has 3 aliphatic rings. The highest BCUT2D eigenvalue weighted by Crippen LogP contribution is 2.31. The van der Waals surface area contributed by atoms with Crippen LogP contribution in [0.25, 0.3) is 6.08 Å². The molecular formula is C22H26N4O2. The van der Waals surface area contributed by atoms with Crippen LogP contribution in [0.2, 0.25) is 0 Å². The number of aryl methyl sites for hydroxylation is 1. The normalized spacial score (nSPS) is 21.6. The molecule has 5 rings (SSSR count). The molecule has 1 amide bonds. The molecule has 0 unspecified atom stereocenters. The highest BCUT2D eigenvalue weighted by Gasteiger charge is 2.28. The maximum atomic E-state index is 12.5. The predicted molar refractivity (Wildman–Crippen MR) is 108 cm³/mol. The van der Waals surface area contributed by atoms with Gasteiger partial charge in [0.25, 0.3) is 5.91 Å². The molecule has 1 fully saturated rings. The molecule has 28 heavy (non-hydrogen) atoms. The van der Waals surface area contributed by atoms with Crippen LogP contribution in [0.5, 0.6) is 0 Å². The highest BCUT2D eigenvalue weighted by molar-refractivity contribution is 6.32. The number of amides is 1. The topological polar surface area (TPSA) is 73.6 Å². The minimum Gasteiger partial charge on any atom is -0.463 e. The van der Waals surface area contributed by atoms with Crippen molar-refractivity contribution >= 4 is 17.7 Å². The SMILES string of the molecule is O=C1NN=C(c2ccco2)/C1=C\c1[nH]c2c(c1CN1CCCCC1)CCCC2. The van der Waals surface area contributed by atoms with Crippen LogP contribution in [0.1, 0.15) is 60.4 Å². The van der Waals surface area contributed by atoms with E-state index < -0.39 is 0 Å². The van der Waals surface area contributed by atoms with E-state index >= 15 is 0 Å². The molecule has 2 aliphatic heterocycles. The van der Waals surface area contributed by atoms with Crippen molar-refractivity contribution in [2.75, 3.05) is 13.1 Å². The molecular weight excluding hydrogens is 352 g/mol. The number of likely N-dealkylation sites (tertiary alicyclic amines) is 1. The van der Waals surface area contributed by atoms with Crippen LogP contribution < -0.4 is 5.43 Å². The highest BCUT2D eigenvalue weighted by atomic mass is 16.3. The van der Waals surface area contributed by atoms with Gasteiger partial charge in [0.05, 0.1) is 11.8 Å². The summed E-state index contributed by atoms with van der Waals surface area (Å²) in [6.07, 6.45) is 12.2. The van der Waals surface area contributed by atoms with Gasteiger partial charge in [0.2, 0.25) is 0 Å². The maximum absolute atomic E-state index is 12.5. The second kappa shape index (κ2) is 7.43. The fraction of sp³-hybridized carbons (Fsp3) is 0.455. The summed E-state index contributed by atoms with van der Waals surface area (Å²) in [5.41, 5.74) is 8.97. The average molecular weight is 378 g/mol. The van der Waals surface area contributed by atoms with Crippen LogP contribution in [0.15, 0.2) is 33.5 Å². The maximum Gasteiger partial charge on any atom is 0.273 e. The van der Waals surface area contributed by atoms with Gasteiger partial charge in [-0.3, -0.25) is 9.69 Å². The molecule has 146 valence electrons. The lowest BCUT2D eigenvalue weighted by atomic mass is 9.93. The van der Waals surface area contributed by atoms with E-state index in [9.17, 15) is 4.79 Å². The second-order valence-corrected chi connectivity index (χ2v) is 7.95. The van der Waals surface area contributed by atoms with Gasteiger partial charge in [0, 0.05) is 17.9 Å². The minimum atomic E-state index is -0.178. The van der Waals surface area contributed by atoms with Crippen LogP contribution in [0, 0.1) is 0 Å². The first kappa shape index (κ1) is 17.5. The molecule has 0 radical (unpaired) electrons. The number of nitrogens with zero attached hydrogens (tertiary/aromatic N) is 2. The molecule has 0 atom stereocenters. The van der Waals surface area contributed by atoms with Gasteiger partial charge in [0.1, 0.15) is 5.71 Å². The molecule has 0 spiro atoms. The van der Waals surface area contributed by atoms with Crippen molar-refractivity contribution in [2.45, 2.75) is 51.5 Å². The van der Waals surface area contributed by atoms with Crippen molar-refractivity contribution in [1.82, 2.24) is 15.3 Å². The first-order valence-corrected chi connectivity index (χ1v) is 10.4. The lowest BCUT2D eigenvalue weighted by Crippen LogP contribution is -2.29. The zero-order chi connectivity index (χ0) is 18.9. The smallest absolute Gasteiger partial charge is 0.273 e. The standard InChI is InChI=1S/C22H26N4O2/c27-22-16(21(24-25-22)20-9-6-12-28-20)13-19-17(14-26-10-4-1-5-11-26)15-7-2-3-8-18(15)23-19/h6,9,12-13,23H,1-5,7-8,10-11,14H2,(H,25,27)/b16-13+. The third-order valence-electron chi connectivity index (χ3n) is 6.09. The van der Waals surface area contributed by atoms with Gasteiger partial charge < -0.3 is 9.40 Å². The Morgan fingerprint density at radius 3 is 2.82 bits per heavy atom. The lowest BCUT2D eigenvalue weighted by molar-refractivity contribution is -0.116. The van der Waals surface area contributed by atoms with Crippen LogP contribution in [0.3, 0.4) is 0 Å². The number of aromatic amines is 1. The Morgan fingerprint density at radius 1 is 1.14 bits per heavy atom. The molecule has 6 heteroatoms. The third kappa shape index (κ3) is 3.22. The summed E-state index contributed by atoms with van der Waals surface area (Å²) in [5.74, 6) is 0.432. The minimum absolute atomic E-state index is 0.178. The first-order chi connectivity index (χ1) is 13.8. The Labute approximate surface area is 164 Å². The summed E-state index contributed by atoms with van der Waals surface area (Å²) < 4.78 is 5.48. The van der Waals surface area contributed by atoms with Gasteiger partial charge in [-0.2, -0.15) is 5.10 Å². The van der Waals surface area contributed by atoms with E-state index in [-0.39, 0.29) is 5.91 Å². The molecule has 4 heterocycles. The summed E-state index contributed by atoms with van der Waals surface area (Å²) in [6, 6.07) is 3.65. The number of hydrogen-bond donors (Lipinski definition) is 2. The molecule has 1 aliphatic carbocycles. The van der Waals surface area contributed by atoms with Crippen LogP contribution in [-0.4, -0.2) is 34.6 Å². The fourth-order valence-electron chi connectivity index (χ4n) is 4.64. The molecule has 0 aromatic carbocycles. The van der Waals surface area contributed by atoms with E-state index in [1.54, 1.807) is 6.26 Å². The number of carbonyl (C=O) groups excluding carboxylic acids is 1.